The summed E-state index contributed by atoms with van der Waals surface area (Å²) in [4.78, 5) is 24.2. The van der Waals surface area contributed by atoms with Crippen LogP contribution in [0.15, 0.2) is 0 Å². The summed E-state index contributed by atoms with van der Waals surface area (Å²) in [6.45, 7) is 4.76. The topological polar surface area (TPSA) is 69.6 Å². The maximum Gasteiger partial charge on any atom is 0.317 e. The third-order valence-corrected chi connectivity index (χ3v) is 4.29. The lowest BCUT2D eigenvalue weighted by Gasteiger charge is -2.30. The molecule has 116 valence electrons. The lowest BCUT2D eigenvalue weighted by Crippen LogP contribution is -2.44. The fraction of sp³-hybridized carbons (Fsp3) is 0.867. The molecule has 1 rings (SSSR count). The van der Waals surface area contributed by atoms with Crippen molar-refractivity contribution in [2.24, 2.45) is 11.3 Å². The first-order valence-corrected chi connectivity index (χ1v) is 7.56. The zero-order valence-corrected chi connectivity index (χ0v) is 12.9. The van der Waals surface area contributed by atoms with Gasteiger partial charge in [0.25, 0.3) is 0 Å². The minimum atomic E-state index is -0.875. The largest absolute Gasteiger partial charge is 0.481 e. The van der Waals surface area contributed by atoms with Crippen LogP contribution in [0.3, 0.4) is 0 Å². The van der Waals surface area contributed by atoms with E-state index in [9.17, 15) is 9.59 Å². The molecule has 0 saturated heterocycles. The van der Waals surface area contributed by atoms with Crippen LogP contribution in [-0.4, -0.2) is 42.1 Å². The first-order chi connectivity index (χ1) is 9.34. The molecule has 0 aromatic carbocycles. The van der Waals surface area contributed by atoms with E-state index < -0.39 is 11.9 Å². The molecule has 0 spiro atoms. The molecule has 2 N–H and O–H groups in total. The third-order valence-electron chi connectivity index (χ3n) is 4.29. The van der Waals surface area contributed by atoms with Crippen molar-refractivity contribution in [2.75, 3.05) is 20.1 Å². The van der Waals surface area contributed by atoms with E-state index in [0.717, 1.165) is 12.8 Å². The number of carbonyl (C=O) groups excluding carboxylic acids is 1. The van der Waals surface area contributed by atoms with E-state index in [0.29, 0.717) is 6.54 Å². The number of rotatable bonds is 5. The Hall–Kier alpha value is -1.26. The molecule has 0 aliphatic heterocycles. The first-order valence-electron chi connectivity index (χ1n) is 7.56. The van der Waals surface area contributed by atoms with Crippen molar-refractivity contribution >= 4 is 12.0 Å². The molecule has 1 unspecified atom stereocenters. The number of urea groups is 1. The van der Waals surface area contributed by atoms with Crippen molar-refractivity contribution in [2.45, 2.75) is 52.4 Å². The van der Waals surface area contributed by atoms with Crippen molar-refractivity contribution in [3.05, 3.63) is 0 Å². The Morgan fingerprint density at radius 2 is 1.80 bits per heavy atom. The summed E-state index contributed by atoms with van der Waals surface area (Å²) < 4.78 is 0. The average molecular weight is 284 g/mol. The predicted octanol–water partition coefficient (Wildman–Crippen LogP) is 2.71. The second-order valence-electron chi connectivity index (χ2n) is 6.50. The van der Waals surface area contributed by atoms with E-state index in [1.165, 1.54) is 30.6 Å². The zero-order valence-electron chi connectivity index (χ0n) is 12.9. The maximum absolute atomic E-state index is 12.0. The van der Waals surface area contributed by atoms with E-state index in [-0.39, 0.29) is 18.0 Å². The molecule has 1 fully saturated rings. The van der Waals surface area contributed by atoms with Crippen LogP contribution in [0.25, 0.3) is 0 Å². The molecule has 5 nitrogen and oxygen atoms in total. The van der Waals surface area contributed by atoms with Gasteiger partial charge < -0.3 is 15.3 Å². The highest BCUT2D eigenvalue weighted by atomic mass is 16.4. The van der Waals surface area contributed by atoms with Crippen LogP contribution < -0.4 is 5.32 Å². The number of nitrogens with zero attached hydrogens (tertiary/aromatic N) is 1. The molecular formula is C15H28N2O3. The van der Waals surface area contributed by atoms with E-state index in [1.807, 2.05) is 0 Å². The molecule has 20 heavy (non-hydrogen) atoms. The first kappa shape index (κ1) is 16.8. The van der Waals surface area contributed by atoms with Gasteiger partial charge in [-0.15, -0.1) is 0 Å². The minimum Gasteiger partial charge on any atom is -0.481 e. The molecule has 2 amide bonds. The van der Waals surface area contributed by atoms with Gasteiger partial charge in [-0.1, -0.05) is 39.5 Å². The quantitative estimate of drug-likeness (QED) is 0.763. The van der Waals surface area contributed by atoms with Gasteiger partial charge in [0.2, 0.25) is 0 Å². The maximum atomic E-state index is 12.0. The Morgan fingerprint density at radius 1 is 1.25 bits per heavy atom. The molecule has 1 saturated carbocycles. The molecule has 5 heteroatoms. The van der Waals surface area contributed by atoms with Crippen LogP contribution in [0.1, 0.15) is 52.4 Å². The Kier molecular flexibility index (Phi) is 6.30. The Labute approximate surface area is 121 Å². The molecular weight excluding hydrogens is 256 g/mol. The van der Waals surface area contributed by atoms with Gasteiger partial charge in [-0.3, -0.25) is 4.79 Å². The summed E-state index contributed by atoms with van der Waals surface area (Å²) in [7, 11) is 1.64. The van der Waals surface area contributed by atoms with Gasteiger partial charge >= 0.3 is 12.0 Å². The van der Waals surface area contributed by atoms with Gasteiger partial charge in [0.1, 0.15) is 0 Å². The number of carboxylic acids is 1. The summed E-state index contributed by atoms with van der Waals surface area (Å²) in [6, 6.07) is -0.177. The lowest BCUT2D eigenvalue weighted by atomic mass is 9.82. The van der Waals surface area contributed by atoms with E-state index in [1.54, 1.807) is 14.0 Å². The van der Waals surface area contributed by atoms with Gasteiger partial charge in [0.05, 0.1) is 5.92 Å². The molecule has 0 bridgehead atoms. The van der Waals surface area contributed by atoms with Gasteiger partial charge in [-0.2, -0.15) is 0 Å². The van der Waals surface area contributed by atoms with Crippen molar-refractivity contribution in [1.29, 1.82) is 0 Å². The fourth-order valence-electron chi connectivity index (χ4n) is 2.75. The summed E-state index contributed by atoms with van der Waals surface area (Å²) in [5, 5.41) is 11.8. The fourth-order valence-corrected chi connectivity index (χ4v) is 2.75. The SMILES string of the molecule is CC(CN(C)C(=O)NCC1(C)CCCCCC1)C(=O)O. The van der Waals surface area contributed by atoms with Crippen molar-refractivity contribution < 1.29 is 14.7 Å². The average Bonchev–Trinajstić information content (AvgIpc) is 2.61. The highest BCUT2D eigenvalue weighted by Gasteiger charge is 2.27. The van der Waals surface area contributed by atoms with Crippen LogP contribution in [0.4, 0.5) is 4.79 Å². The Balaban J connectivity index is 2.39. The number of hydrogen-bond acceptors (Lipinski definition) is 2. The van der Waals surface area contributed by atoms with Gasteiger partial charge in [0.15, 0.2) is 0 Å². The third kappa shape index (κ3) is 5.39. The van der Waals surface area contributed by atoms with Gasteiger partial charge in [-0.25, -0.2) is 4.79 Å². The van der Waals surface area contributed by atoms with Crippen LogP contribution in [-0.2, 0) is 4.79 Å². The van der Waals surface area contributed by atoms with Crippen molar-refractivity contribution in [3.63, 3.8) is 0 Å². The number of aliphatic carboxylic acids is 1. The molecule has 0 aromatic heterocycles. The number of carbonyl (C=O) groups is 2. The number of nitrogens with one attached hydrogen (secondary N) is 1. The monoisotopic (exact) mass is 284 g/mol. The predicted molar refractivity (Wildman–Crippen MR) is 78.6 cm³/mol. The van der Waals surface area contributed by atoms with Gasteiger partial charge in [0, 0.05) is 20.1 Å². The van der Waals surface area contributed by atoms with E-state index >= 15 is 0 Å². The molecule has 1 atom stereocenters. The number of carboxylic acid groups (broad SMARTS) is 1. The number of amides is 2. The Morgan fingerprint density at radius 3 is 2.30 bits per heavy atom. The van der Waals surface area contributed by atoms with Gasteiger partial charge in [-0.05, 0) is 18.3 Å². The molecule has 1 aliphatic rings. The Bertz CT molecular complexity index is 336. The normalized spacial score (nSPS) is 19.8. The zero-order chi connectivity index (χ0) is 15.2. The molecule has 0 heterocycles. The lowest BCUT2D eigenvalue weighted by molar-refractivity contribution is -0.141. The van der Waals surface area contributed by atoms with Crippen LogP contribution in [0.2, 0.25) is 0 Å². The van der Waals surface area contributed by atoms with E-state index in [4.69, 9.17) is 5.11 Å². The summed E-state index contributed by atoms with van der Waals surface area (Å²) in [6.07, 6.45) is 7.36. The van der Waals surface area contributed by atoms with Crippen LogP contribution in [0.5, 0.6) is 0 Å². The highest BCUT2D eigenvalue weighted by molar-refractivity contribution is 5.75. The van der Waals surface area contributed by atoms with Crippen LogP contribution in [0, 0.1) is 11.3 Å². The summed E-state index contributed by atoms with van der Waals surface area (Å²) in [5.41, 5.74) is 0.186. The van der Waals surface area contributed by atoms with E-state index in [2.05, 4.69) is 12.2 Å². The second kappa shape index (κ2) is 7.50. The summed E-state index contributed by atoms with van der Waals surface area (Å²) in [5.74, 6) is -1.42. The molecule has 1 aliphatic carbocycles. The standard InChI is InChI=1S/C15H28N2O3/c1-12(13(18)19)10-17(3)14(20)16-11-15(2)8-6-4-5-7-9-15/h12H,4-11H2,1-3H3,(H,16,20)(H,18,19). The highest BCUT2D eigenvalue weighted by Crippen LogP contribution is 2.33. The van der Waals surface area contributed by atoms with Crippen LogP contribution >= 0.6 is 0 Å². The minimum absolute atomic E-state index is 0.177. The van der Waals surface area contributed by atoms with Crippen molar-refractivity contribution in [3.8, 4) is 0 Å². The number of hydrogen-bond donors (Lipinski definition) is 2. The summed E-state index contributed by atoms with van der Waals surface area (Å²) >= 11 is 0. The molecule has 0 radical (unpaired) electrons. The molecule has 0 aromatic rings. The smallest absolute Gasteiger partial charge is 0.317 e. The van der Waals surface area contributed by atoms with Crippen molar-refractivity contribution in [1.82, 2.24) is 10.2 Å². The second-order valence-corrected chi connectivity index (χ2v) is 6.50.